The molecule has 1 rings (SSSR count). The van der Waals surface area contributed by atoms with Crippen LogP contribution in [0.5, 0.6) is 0 Å². The van der Waals surface area contributed by atoms with E-state index in [1.165, 1.54) is 0 Å². The smallest absolute Gasteiger partial charge is 0.332 e. The van der Waals surface area contributed by atoms with E-state index in [9.17, 15) is 9.35 Å². The quantitative estimate of drug-likeness (QED) is 0.467. The van der Waals surface area contributed by atoms with Gasteiger partial charge < -0.3 is 9.29 Å². The van der Waals surface area contributed by atoms with Gasteiger partial charge in [0, 0.05) is 16.3 Å². The minimum atomic E-state index is -1.36. The van der Waals surface area contributed by atoms with Crippen LogP contribution in [0.25, 0.3) is 0 Å². The molecule has 0 spiro atoms. The lowest BCUT2D eigenvalue weighted by atomic mass is 10.1. The summed E-state index contributed by atoms with van der Waals surface area (Å²) in [4.78, 5) is 13.3. The van der Waals surface area contributed by atoms with Gasteiger partial charge in [0.25, 0.3) is 0 Å². The third-order valence-corrected chi connectivity index (χ3v) is 5.28. The summed E-state index contributed by atoms with van der Waals surface area (Å²) in [5, 5.41) is 0. The molecule has 22 heavy (non-hydrogen) atoms. The Morgan fingerprint density at radius 3 is 2.36 bits per heavy atom. The standard InChI is InChI=1S/C16H25NO3S2/c1-6-20-15(18)14(17-22(19)16(3,4)5)12-8-10-13(11-9-12)21-7-2/h8-11,14,17H,6-7H2,1-5H3/t14-,22-/m1/s1. The van der Waals surface area contributed by atoms with Crippen LogP contribution in [-0.4, -0.2) is 27.6 Å². The highest BCUT2D eigenvalue weighted by Crippen LogP contribution is 2.24. The summed E-state index contributed by atoms with van der Waals surface area (Å²) in [5.74, 6) is 0.587. The molecule has 0 aliphatic heterocycles. The summed E-state index contributed by atoms with van der Waals surface area (Å²) in [6.07, 6.45) is 0. The van der Waals surface area contributed by atoms with Crippen LogP contribution in [0.2, 0.25) is 0 Å². The van der Waals surface area contributed by atoms with E-state index in [1.54, 1.807) is 18.7 Å². The Kier molecular flexibility index (Phi) is 7.76. The van der Waals surface area contributed by atoms with Crippen molar-refractivity contribution in [1.82, 2.24) is 4.72 Å². The fourth-order valence-corrected chi connectivity index (χ4v) is 3.15. The molecule has 0 saturated carbocycles. The van der Waals surface area contributed by atoms with Crippen LogP contribution < -0.4 is 4.72 Å². The van der Waals surface area contributed by atoms with E-state index in [2.05, 4.69) is 11.6 Å². The number of ether oxygens (including phenoxy) is 1. The van der Waals surface area contributed by atoms with Crippen LogP contribution >= 0.6 is 11.8 Å². The van der Waals surface area contributed by atoms with Gasteiger partial charge in [0.05, 0.1) is 6.61 Å². The fraction of sp³-hybridized carbons (Fsp3) is 0.562. The molecule has 0 bridgehead atoms. The molecular weight excluding hydrogens is 318 g/mol. The average Bonchev–Trinajstić information content (AvgIpc) is 2.45. The zero-order valence-electron chi connectivity index (χ0n) is 13.8. The number of carbonyl (C=O) groups excluding carboxylic acids is 1. The maximum Gasteiger partial charge on any atom is 0.332 e. The molecule has 0 heterocycles. The highest BCUT2D eigenvalue weighted by atomic mass is 32.2. The number of carbonyl (C=O) groups is 1. The van der Waals surface area contributed by atoms with Crippen molar-refractivity contribution in [2.75, 3.05) is 12.4 Å². The Labute approximate surface area is 140 Å². The van der Waals surface area contributed by atoms with Crippen molar-refractivity contribution in [3.63, 3.8) is 0 Å². The molecule has 0 unspecified atom stereocenters. The van der Waals surface area contributed by atoms with Gasteiger partial charge >= 0.3 is 5.97 Å². The van der Waals surface area contributed by atoms with Crippen LogP contribution in [0.15, 0.2) is 29.2 Å². The van der Waals surface area contributed by atoms with Gasteiger partial charge in [-0.05, 0) is 51.1 Å². The molecule has 1 N–H and O–H groups in total. The van der Waals surface area contributed by atoms with Gasteiger partial charge in [-0.1, -0.05) is 19.1 Å². The largest absolute Gasteiger partial charge is 0.598 e. The second kappa shape index (κ2) is 8.82. The second-order valence-electron chi connectivity index (χ2n) is 5.69. The Bertz CT molecular complexity index is 471. The van der Waals surface area contributed by atoms with Crippen LogP contribution in [0.1, 0.15) is 46.2 Å². The number of benzene rings is 1. The van der Waals surface area contributed by atoms with E-state index in [0.29, 0.717) is 6.61 Å². The summed E-state index contributed by atoms with van der Waals surface area (Å²) < 4.78 is 19.9. The number of nitrogens with one attached hydrogen (secondary N) is 1. The fourth-order valence-electron chi connectivity index (χ4n) is 1.68. The number of rotatable bonds is 7. The molecule has 1 aromatic rings. The molecule has 0 radical (unpaired) electrons. The molecule has 0 saturated heterocycles. The monoisotopic (exact) mass is 343 g/mol. The maximum absolute atomic E-state index is 12.3. The first kappa shape index (κ1) is 19.4. The predicted molar refractivity (Wildman–Crippen MR) is 93.2 cm³/mol. The van der Waals surface area contributed by atoms with Crippen molar-refractivity contribution in [3.05, 3.63) is 29.8 Å². The molecule has 0 aliphatic rings. The van der Waals surface area contributed by atoms with Gasteiger partial charge in [-0.3, -0.25) is 0 Å². The minimum Gasteiger partial charge on any atom is -0.598 e. The molecule has 124 valence electrons. The molecule has 0 amide bonds. The summed E-state index contributed by atoms with van der Waals surface area (Å²) in [5.41, 5.74) is 0.761. The molecule has 4 nitrogen and oxygen atoms in total. The Morgan fingerprint density at radius 2 is 1.91 bits per heavy atom. The predicted octanol–water partition coefficient (Wildman–Crippen LogP) is 3.45. The Morgan fingerprint density at radius 1 is 1.32 bits per heavy atom. The van der Waals surface area contributed by atoms with E-state index >= 15 is 0 Å². The molecule has 6 heteroatoms. The molecule has 0 aromatic heterocycles. The highest BCUT2D eigenvalue weighted by Gasteiger charge is 2.33. The van der Waals surface area contributed by atoms with Crippen molar-refractivity contribution < 1.29 is 14.1 Å². The number of hydrogen-bond donors (Lipinski definition) is 1. The van der Waals surface area contributed by atoms with Gasteiger partial charge in [0.1, 0.15) is 4.75 Å². The van der Waals surface area contributed by atoms with Crippen molar-refractivity contribution in [2.24, 2.45) is 0 Å². The zero-order chi connectivity index (χ0) is 16.8. The van der Waals surface area contributed by atoms with Crippen LogP contribution in [0.3, 0.4) is 0 Å². The third-order valence-electron chi connectivity index (χ3n) is 2.83. The van der Waals surface area contributed by atoms with Gasteiger partial charge in [-0.2, -0.15) is 0 Å². The minimum absolute atomic E-state index is 0.295. The van der Waals surface area contributed by atoms with Crippen molar-refractivity contribution in [2.45, 2.75) is 50.3 Å². The van der Waals surface area contributed by atoms with E-state index in [0.717, 1.165) is 16.2 Å². The summed E-state index contributed by atoms with van der Waals surface area (Å²) in [7, 11) is 0. The van der Waals surface area contributed by atoms with Crippen molar-refractivity contribution in [1.29, 1.82) is 0 Å². The van der Waals surface area contributed by atoms with Crippen LogP contribution in [-0.2, 0) is 20.9 Å². The lowest BCUT2D eigenvalue weighted by Crippen LogP contribution is -2.44. The van der Waals surface area contributed by atoms with Gasteiger partial charge in [0.2, 0.25) is 0 Å². The molecule has 1 aromatic carbocycles. The summed E-state index contributed by atoms with van der Waals surface area (Å²) in [6, 6.07) is 6.98. The van der Waals surface area contributed by atoms with Gasteiger partial charge in [0.15, 0.2) is 6.04 Å². The first-order valence-corrected chi connectivity index (χ1v) is 9.50. The lowest BCUT2D eigenvalue weighted by Gasteiger charge is -2.27. The Balaban J connectivity index is 2.96. The molecular formula is C16H25NO3S2. The maximum atomic E-state index is 12.3. The second-order valence-corrected chi connectivity index (χ2v) is 9.02. The van der Waals surface area contributed by atoms with Gasteiger partial charge in [-0.15, -0.1) is 16.5 Å². The normalized spacial score (nSPS) is 14.5. The van der Waals surface area contributed by atoms with E-state index in [1.807, 2.05) is 45.0 Å². The van der Waals surface area contributed by atoms with E-state index in [-0.39, 0.29) is 0 Å². The van der Waals surface area contributed by atoms with Crippen LogP contribution in [0.4, 0.5) is 0 Å². The lowest BCUT2D eigenvalue weighted by molar-refractivity contribution is -0.145. The number of esters is 1. The Hall–Kier alpha value is -0.690. The molecule has 0 aliphatic carbocycles. The molecule has 2 atom stereocenters. The van der Waals surface area contributed by atoms with Crippen molar-refractivity contribution >= 4 is 29.1 Å². The summed E-state index contributed by atoms with van der Waals surface area (Å²) >= 11 is 0.379. The first-order valence-electron chi connectivity index (χ1n) is 7.37. The highest BCUT2D eigenvalue weighted by molar-refractivity contribution is 7.99. The first-order chi connectivity index (χ1) is 10.3. The molecule has 0 fully saturated rings. The zero-order valence-corrected chi connectivity index (χ0v) is 15.5. The average molecular weight is 344 g/mol. The van der Waals surface area contributed by atoms with E-state index < -0.39 is 28.1 Å². The number of hydrogen-bond acceptors (Lipinski definition) is 5. The van der Waals surface area contributed by atoms with Gasteiger partial charge in [-0.25, -0.2) is 4.79 Å². The van der Waals surface area contributed by atoms with E-state index in [4.69, 9.17) is 4.74 Å². The number of thioether (sulfide) groups is 1. The van der Waals surface area contributed by atoms with Crippen LogP contribution in [0, 0.1) is 0 Å². The SMILES string of the molecule is CCOC(=O)[C@H](N[S@+]([O-])C(C)(C)C)c1ccc(SCC)cc1. The van der Waals surface area contributed by atoms with Crippen molar-refractivity contribution in [3.8, 4) is 0 Å². The summed E-state index contributed by atoms with van der Waals surface area (Å²) in [6.45, 7) is 9.73. The third kappa shape index (κ3) is 5.83. The topological polar surface area (TPSA) is 61.4 Å².